The van der Waals surface area contributed by atoms with Crippen molar-refractivity contribution in [2.45, 2.75) is 51.1 Å². The molecule has 0 fully saturated rings. The van der Waals surface area contributed by atoms with E-state index < -0.39 is 0 Å². The van der Waals surface area contributed by atoms with Crippen LogP contribution in [0.1, 0.15) is 51.4 Å². The second-order valence-electron chi connectivity index (χ2n) is 6.49. The molecule has 1 N–H and O–H groups in total. The van der Waals surface area contributed by atoms with Gasteiger partial charge in [-0.1, -0.05) is 11.8 Å². The van der Waals surface area contributed by atoms with Crippen LogP contribution in [0.15, 0.2) is 11.2 Å². The van der Waals surface area contributed by atoms with E-state index in [0.29, 0.717) is 27.9 Å². The Kier molecular flexibility index (Phi) is 6.49. The molecule has 0 aliphatic heterocycles. The van der Waals surface area contributed by atoms with Crippen molar-refractivity contribution in [2.24, 2.45) is 0 Å². The highest BCUT2D eigenvalue weighted by molar-refractivity contribution is 7.99. The number of anilines is 1. The number of hydrogen-bond acceptors (Lipinski definition) is 7. The van der Waals surface area contributed by atoms with Gasteiger partial charge < -0.3 is 10.1 Å². The van der Waals surface area contributed by atoms with Crippen LogP contribution in [0.5, 0.6) is 0 Å². The molecule has 8 heteroatoms. The first-order valence-electron chi connectivity index (χ1n) is 8.95. The number of thiophene rings is 1. The zero-order valence-electron chi connectivity index (χ0n) is 15.8. The summed E-state index contributed by atoms with van der Waals surface area (Å²) in [6.45, 7) is 3.86. The molecule has 1 amide bonds. The number of nitrogens with one attached hydrogen (secondary N) is 1. The van der Waals surface area contributed by atoms with E-state index in [1.165, 1.54) is 35.1 Å². The normalized spacial score (nSPS) is 13.1. The fourth-order valence-electron chi connectivity index (χ4n) is 3.15. The number of hydrogen-bond donors (Lipinski definition) is 1. The quantitative estimate of drug-likeness (QED) is 0.445. The molecular weight excluding hydrogens is 382 g/mol. The zero-order chi connectivity index (χ0) is 19.4. The summed E-state index contributed by atoms with van der Waals surface area (Å²) in [7, 11) is 1.38. The third-order valence-electron chi connectivity index (χ3n) is 4.34. The Morgan fingerprint density at radius 3 is 2.63 bits per heavy atom. The van der Waals surface area contributed by atoms with Gasteiger partial charge in [-0.15, -0.1) is 11.3 Å². The van der Waals surface area contributed by atoms with Gasteiger partial charge in [0.25, 0.3) is 0 Å². The smallest absolute Gasteiger partial charge is 0.341 e. The van der Waals surface area contributed by atoms with Crippen molar-refractivity contribution in [3.05, 3.63) is 33.5 Å². The number of thioether (sulfide) groups is 1. The molecule has 0 atom stereocenters. The van der Waals surface area contributed by atoms with Crippen molar-refractivity contribution < 1.29 is 14.3 Å². The number of fused-ring (bicyclic) bond motifs is 1. The molecule has 0 saturated heterocycles. The van der Waals surface area contributed by atoms with E-state index in [1.54, 1.807) is 0 Å². The summed E-state index contributed by atoms with van der Waals surface area (Å²) < 4.78 is 4.94. The lowest BCUT2D eigenvalue weighted by Gasteiger charge is -2.11. The van der Waals surface area contributed by atoms with Crippen LogP contribution in [0.25, 0.3) is 0 Å². The number of esters is 1. The lowest BCUT2D eigenvalue weighted by atomic mass is 9.95. The van der Waals surface area contributed by atoms with Gasteiger partial charge in [0.15, 0.2) is 5.16 Å². The minimum Gasteiger partial charge on any atom is -0.465 e. The number of amides is 1. The summed E-state index contributed by atoms with van der Waals surface area (Å²) in [4.78, 5) is 34.6. The fraction of sp³-hybridized carbons (Fsp3) is 0.474. The van der Waals surface area contributed by atoms with Crippen LogP contribution in [0.3, 0.4) is 0 Å². The Morgan fingerprint density at radius 1 is 1.22 bits per heavy atom. The van der Waals surface area contributed by atoms with E-state index in [0.717, 1.165) is 42.6 Å². The molecular formula is C19H23N3O3S2. The lowest BCUT2D eigenvalue weighted by molar-refractivity contribution is -0.115. The third kappa shape index (κ3) is 4.87. The predicted molar refractivity (Wildman–Crippen MR) is 108 cm³/mol. The maximum atomic E-state index is 12.4. The fourth-order valence-corrected chi connectivity index (χ4v) is 5.33. The third-order valence-corrected chi connectivity index (χ3v) is 6.39. The molecule has 1 aliphatic carbocycles. The number of nitrogens with zero attached hydrogens (tertiary/aromatic N) is 2. The van der Waals surface area contributed by atoms with Gasteiger partial charge in [0.05, 0.1) is 12.7 Å². The predicted octanol–water partition coefficient (Wildman–Crippen LogP) is 3.94. The summed E-state index contributed by atoms with van der Waals surface area (Å²) in [6.07, 6.45) is 4.33. The van der Waals surface area contributed by atoms with Crippen LogP contribution >= 0.6 is 23.1 Å². The first kappa shape index (κ1) is 19.8. The van der Waals surface area contributed by atoms with Crippen LogP contribution in [0.4, 0.5) is 5.00 Å². The Bertz CT molecular complexity index is 844. The van der Waals surface area contributed by atoms with E-state index in [-0.39, 0.29) is 11.9 Å². The van der Waals surface area contributed by atoms with Gasteiger partial charge in [0.2, 0.25) is 5.91 Å². The Morgan fingerprint density at radius 2 is 1.93 bits per heavy atom. The van der Waals surface area contributed by atoms with Gasteiger partial charge in [0, 0.05) is 28.4 Å². The van der Waals surface area contributed by atoms with Gasteiger partial charge in [-0.05, 0) is 51.2 Å². The summed E-state index contributed by atoms with van der Waals surface area (Å²) in [6, 6.07) is 1.92. The molecule has 1 aliphatic rings. The first-order chi connectivity index (χ1) is 13.0. The number of rotatable bonds is 6. The van der Waals surface area contributed by atoms with Gasteiger partial charge in [-0.25, -0.2) is 14.8 Å². The lowest BCUT2D eigenvalue weighted by Crippen LogP contribution is -2.15. The Balaban J connectivity index is 1.63. The highest BCUT2D eigenvalue weighted by Crippen LogP contribution is 2.38. The molecule has 2 aromatic rings. The molecule has 0 radical (unpaired) electrons. The van der Waals surface area contributed by atoms with Crippen molar-refractivity contribution in [3.8, 4) is 0 Å². The van der Waals surface area contributed by atoms with E-state index in [1.807, 2.05) is 19.9 Å². The first-order valence-corrected chi connectivity index (χ1v) is 10.8. The average molecular weight is 406 g/mol. The molecule has 0 saturated carbocycles. The molecule has 27 heavy (non-hydrogen) atoms. The number of aromatic nitrogens is 2. The highest BCUT2D eigenvalue weighted by Gasteiger charge is 2.26. The number of carbonyl (C=O) groups is 2. The van der Waals surface area contributed by atoms with Gasteiger partial charge in [-0.2, -0.15) is 0 Å². The molecule has 2 heterocycles. The van der Waals surface area contributed by atoms with E-state index in [9.17, 15) is 9.59 Å². The van der Waals surface area contributed by atoms with Crippen molar-refractivity contribution in [1.29, 1.82) is 0 Å². The monoisotopic (exact) mass is 405 g/mol. The summed E-state index contributed by atoms with van der Waals surface area (Å²) >= 11 is 2.96. The molecule has 0 unspecified atom stereocenters. The number of carbonyl (C=O) groups excluding carboxylic acids is 2. The van der Waals surface area contributed by atoms with Crippen LogP contribution in [0, 0.1) is 13.8 Å². The molecule has 6 nitrogen and oxygen atoms in total. The van der Waals surface area contributed by atoms with Crippen molar-refractivity contribution in [1.82, 2.24) is 9.97 Å². The SMILES string of the molecule is COC(=O)c1c(NC(=O)CCSc2nc(C)cc(C)n2)sc2c1CCCC2. The summed E-state index contributed by atoms with van der Waals surface area (Å²) in [5, 5.41) is 4.22. The van der Waals surface area contributed by atoms with Crippen molar-refractivity contribution in [3.63, 3.8) is 0 Å². The minimum absolute atomic E-state index is 0.115. The topological polar surface area (TPSA) is 81.2 Å². The number of methoxy groups -OCH3 is 1. The number of ether oxygens (including phenoxy) is 1. The minimum atomic E-state index is -0.372. The second-order valence-corrected chi connectivity index (χ2v) is 8.65. The second kappa shape index (κ2) is 8.84. The maximum Gasteiger partial charge on any atom is 0.341 e. The van der Waals surface area contributed by atoms with Crippen molar-refractivity contribution >= 4 is 40.0 Å². The molecule has 0 spiro atoms. The number of aryl methyl sites for hydroxylation is 3. The summed E-state index contributed by atoms with van der Waals surface area (Å²) in [5.41, 5.74) is 3.42. The van der Waals surface area contributed by atoms with Crippen LogP contribution in [-0.2, 0) is 22.4 Å². The zero-order valence-corrected chi connectivity index (χ0v) is 17.4. The van der Waals surface area contributed by atoms with Gasteiger partial charge in [-0.3, -0.25) is 4.79 Å². The summed E-state index contributed by atoms with van der Waals surface area (Å²) in [5.74, 6) is 0.0891. The van der Waals surface area contributed by atoms with Crippen LogP contribution in [-0.4, -0.2) is 34.7 Å². The largest absolute Gasteiger partial charge is 0.465 e. The Hall–Kier alpha value is -1.93. The highest BCUT2D eigenvalue weighted by atomic mass is 32.2. The van der Waals surface area contributed by atoms with Gasteiger partial charge in [0.1, 0.15) is 5.00 Å². The van der Waals surface area contributed by atoms with Gasteiger partial charge >= 0.3 is 5.97 Å². The maximum absolute atomic E-state index is 12.4. The standard InChI is InChI=1S/C19H23N3O3S2/c1-11-10-12(2)21-19(20-11)26-9-8-15(23)22-17-16(18(24)25-3)13-6-4-5-7-14(13)27-17/h10H,4-9H2,1-3H3,(H,22,23). The van der Waals surface area contributed by atoms with Crippen LogP contribution in [0.2, 0.25) is 0 Å². The van der Waals surface area contributed by atoms with E-state index in [4.69, 9.17) is 4.74 Å². The van der Waals surface area contributed by atoms with E-state index >= 15 is 0 Å². The Labute approximate surface area is 167 Å². The molecule has 2 aromatic heterocycles. The van der Waals surface area contributed by atoms with Crippen molar-refractivity contribution in [2.75, 3.05) is 18.2 Å². The molecule has 0 aromatic carbocycles. The molecule has 144 valence electrons. The molecule has 0 bridgehead atoms. The van der Waals surface area contributed by atoms with E-state index in [2.05, 4.69) is 15.3 Å². The molecule has 3 rings (SSSR count). The van der Waals surface area contributed by atoms with Crippen LogP contribution < -0.4 is 5.32 Å². The average Bonchev–Trinajstić information content (AvgIpc) is 2.98.